The van der Waals surface area contributed by atoms with E-state index in [1.165, 1.54) is 16.3 Å². The third-order valence-electron chi connectivity index (χ3n) is 6.23. The largest absolute Gasteiger partial charge is 0.486 e. The first-order chi connectivity index (χ1) is 16.2. The van der Waals surface area contributed by atoms with Crippen LogP contribution in [0.15, 0.2) is 60.7 Å². The van der Waals surface area contributed by atoms with Crippen molar-refractivity contribution in [2.24, 2.45) is 0 Å². The fourth-order valence-corrected chi connectivity index (χ4v) is 4.61. The highest BCUT2D eigenvalue weighted by Crippen LogP contribution is 2.33. The van der Waals surface area contributed by atoms with Gasteiger partial charge in [0.15, 0.2) is 11.5 Å². The number of ether oxygens (including phenoxy) is 2. The molecule has 7 nitrogen and oxygen atoms in total. The van der Waals surface area contributed by atoms with Crippen LogP contribution in [0.1, 0.15) is 24.4 Å². The van der Waals surface area contributed by atoms with E-state index in [1.54, 1.807) is 18.2 Å². The minimum absolute atomic E-state index is 0.00430. The summed E-state index contributed by atoms with van der Waals surface area (Å²) in [6.07, 6.45) is 2.28. The van der Waals surface area contributed by atoms with Crippen LogP contribution in [0.4, 0.5) is 5.69 Å². The molecule has 3 aromatic rings. The number of hydrogen-bond acceptors (Lipinski definition) is 5. The molecule has 5 rings (SSSR count). The van der Waals surface area contributed by atoms with E-state index in [2.05, 4.69) is 45.9 Å². The molecule has 170 valence electrons. The lowest BCUT2D eigenvalue weighted by molar-refractivity contribution is -0.136. The van der Waals surface area contributed by atoms with Crippen LogP contribution in [-0.2, 0) is 9.59 Å². The lowest BCUT2D eigenvalue weighted by Crippen LogP contribution is -2.41. The van der Waals surface area contributed by atoms with E-state index in [9.17, 15) is 9.59 Å². The fraction of sp³-hybridized carbons (Fsp3) is 0.308. The van der Waals surface area contributed by atoms with Crippen molar-refractivity contribution in [3.05, 3.63) is 66.2 Å². The van der Waals surface area contributed by atoms with Crippen LogP contribution < -0.4 is 20.1 Å². The van der Waals surface area contributed by atoms with Crippen molar-refractivity contribution in [2.75, 3.05) is 38.2 Å². The predicted molar refractivity (Wildman–Crippen MR) is 127 cm³/mol. The highest BCUT2D eigenvalue weighted by molar-refractivity contribution is 6.39. The molecule has 33 heavy (non-hydrogen) atoms. The van der Waals surface area contributed by atoms with E-state index >= 15 is 0 Å². The third kappa shape index (κ3) is 4.64. The zero-order valence-corrected chi connectivity index (χ0v) is 18.4. The lowest BCUT2D eigenvalue weighted by atomic mass is 9.97. The van der Waals surface area contributed by atoms with Crippen LogP contribution in [0.25, 0.3) is 10.8 Å². The standard InChI is InChI=1S/C26H27N3O4/c30-25(26(31)28-19-10-11-23-24(16-19)33-15-14-32-23)27-17-22(29-12-3-4-13-29)21-9-5-7-18-6-1-2-8-20(18)21/h1-2,5-11,16,22H,3-4,12-15,17H2,(H,27,30)(H,28,31)/t22-/m0/s1. The van der Waals surface area contributed by atoms with E-state index in [4.69, 9.17) is 9.47 Å². The summed E-state index contributed by atoms with van der Waals surface area (Å²) >= 11 is 0. The smallest absolute Gasteiger partial charge is 0.313 e. The number of nitrogens with zero attached hydrogens (tertiary/aromatic N) is 1. The first-order valence-electron chi connectivity index (χ1n) is 11.4. The summed E-state index contributed by atoms with van der Waals surface area (Å²) in [7, 11) is 0. The van der Waals surface area contributed by atoms with Gasteiger partial charge in [-0.1, -0.05) is 42.5 Å². The first-order valence-corrected chi connectivity index (χ1v) is 11.4. The Balaban J connectivity index is 1.29. The van der Waals surface area contributed by atoms with Gasteiger partial charge in [-0.2, -0.15) is 0 Å². The molecule has 0 bridgehead atoms. The van der Waals surface area contributed by atoms with Crippen molar-refractivity contribution in [2.45, 2.75) is 18.9 Å². The summed E-state index contributed by atoms with van der Waals surface area (Å²) in [5.74, 6) is -0.171. The summed E-state index contributed by atoms with van der Waals surface area (Å²) in [5, 5.41) is 7.85. The van der Waals surface area contributed by atoms with Crippen molar-refractivity contribution in [1.29, 1.82) is 0 Å². The summed E-state index contributed by atoms with van der Waals surface area (Å²) in [4.78, 5) is 27.6. The van der Waals surface area contributed by atoms with E-state index in [0.29, 0.717) is 36.9 Å². The number of benzene rings is 3. The number of anilines is 1. The van der Waals surface area contributed by atoms with Crippen LogP contribution in [-0.4, -0.2) is 49.6 Å². The summed E-state index contributed by atoms with van der Waals surface area (Å²) in [6, 6.07) is 19.6. The van der Waals surface area contributed by atoms with Crippen LogP contribution in [0.5, 0.6) is 11.5 Å². The van der Waals surface area contributed by atoms with Crippen molar-refractivity contribution < 1.29 is 19.1 Å². The number of likely N-dealkylation sites (tertiary alicyclic amines) is 1. The van der Waals surface area contributed by atoms with E-state index in [1.807, 2.05) is 12.1 Å². The second-order valence-corrected chi connectivity index (χ2v) is 8.35. The second kappa shape index (κ2) is 9.50. The van der Waals surface area contributed by atoms with Gasteiger partial charge in [0, 0.05) is 18.3 Å². The van der Waals surface area contributed by atoms with E-state index in [-0.39, 0.29) is 6.04 Å². The number of nitrogens with one attached hydrogen (secondary N) is 2. The molecular weight excluding hydrogens is 418 g/mol. The Bertz CT molecular complexity index is 1170. The van der Waals surface area contributed by atoms with Gasteiger partial charge in [0.25, 0.3) is 0 Å². The molecule has 0 saturated carbocycles. The molecule has 2 N–H and O–H groups in total. The van der Waals surface area contributed by atoms with Crippen LogP contribution in [0.3, 0.4) is 0 Å². The Morgan fingerprint density at radius 2 is 1.64 bits per heavy atom. The van der Waals surface area contributed by atoms with Crippen molar-refractivity contribution in [1.82, 2.24) is 10.2 Å². The quantitative estimate of drug-likeness (QED) is 0.588. The van der Waals surface area contributed by atoms with Gasteiger partial charge in [-0.3, -0.25) is 14.5 Å². The first kappa shape index (κ1) is 21.3. The number of rotatable bonds is 5. The number of amides is 2. The SMILES string of the molecule is O=C(NC[C@@H](c1cccc2ccccc12)N1CCCC1)C(=O)Nc1ccc2c(c1)OCCO2. The molecule has 0 unspecified atom stereocenters. The van der Waals surface area contributed by atoms with Crippen molar-refractivity contribution >= 4 is 28.3 Å². The molecule has 0 aromatic heterocycles. The van der Waals surface area contributed by atoms with Crippen LogP contribution in [0, 0.1) is 0 Å². The van der Waals surface area contributed by atoms with Crippen LogP contribution in [0.2, 0.25) is 0 Å². The Hall–Kier alpha value is -3.58. The minimum atomic E-state index is -0.704. The zero-order valence-electron chi connectivity index (χ0n) is 18.4. The second-order valence-electron chi connectivity index (χ2n) is 8.35. The average molecular weight is 446 g/mol. The molecule has 2 heterocycles. The molecule has 2 amide bonds. The maximum atomic E-state index is 12.7. The van der Waals surface area contributed by atoms with Gasteiger partial charge in [-0.05, 0) is 54.4 Å². The zero-order chi connectivity index (χ0) is 22.6. The number of fused-ring (bicyclic) bond motifs is 2. The molecule has 2 aliphatic heterocycles. The van der Waals surface area contributed by atoms with E-state index in [0.717, 1.165) is 25.9 Å². The van der Waals surface area contributed by atoms with E-state index < -0.39 is 11.8 Å². The Morgan fingerprint density at radius 3 is 2.48 bits per heavy atom. The Labute approximate surface area is 192 Å². The molecule has 0 aliphatic carbocycles. The normalized spacial score (nSPS) is 16.4. The average Bonchev–Trinajstić information content (AvgIpc) is 3.39. The third-order valence-corrected chi connectivity index (χ3v) is 6.23. The van der Waals surface area contributed by atoms with Gasteiger partial charge in [-0.25, -0.2) is 0 Å². The maximum Gasteiger partial charge on any atom is 0.313 e. The monoisotopic (exact) mass is 445 g/mol. The van der Waals surface area contributed by atoms with Crippen molar-refractivity contribution in [3.8, 4) is 11.5 Å². The van der Waals surface area contributed by atoms with Crippen molar-refractivity contribution in [3.63, 3.8) is 0 Å². The number of carbonyl (C=O) groups excluding carboxylic acids is 2. The number of carbonyl (C=O) groups is 2. The van der Waals surface area contributed by atoms with Gasteiger partial charge in [0.05, 0.1) is 6.04 Å². The molecule has 1 atom stereocenters. The summed E-state index contributed by atoms with van der Waals surface area (Å²) < 4.78 is 11.0. The number of hydrogen-bond donors (Lipinski definition) is 2. The van der Waals surface area contributed by atoms with Gasteiger partial charge < -0.3 is 20.1 Å². The minimum Gasteiger partial charge on any atom is -0.486 e. The lowest BCUT2D eigenvalue weighted by Gasteiger charge is -2.29. The van der Waals surface area contributed by atoms with Gasteiger partial charge in [-0.15, -0.1) is 0 Å². The van der Waals surface area contributed by atoms with Crippen LogP contribution >= 0.6 is 0 Å². The topological polar surface area (TPSA) is 79.9 Å². The predicted octanol–water partition coefficient (Wildman–Crippen LogP) is 3.50. The van der Waals surface area contributed by atoms with Gasteiger partial charge in [0.1, 0.15) is 13.2 Å². The Morgan fingerprint density at radius 1 is 0.879 bits per heavy atom. The summed E-state index contributed by atoms with van der Waals surface area (Å²) in [5.41, 5.74) is 1.66. The molecule has 1 saturated heterocycles. The molecule has 2 aliphatic rings. The fourth-order valence-electron chi connectivity index (χ4n) is 4.61. The highest BCUT2D eigenvalue weighted by atomic mass is 16.6. The van der Waals surface area contributed by atoms with Gasteiger partial charge in [0.2, 0.25) is 0 Å². The Kier molecular flexibility index (Phi) is 6.13. The molecule has 1 fully saturated rings. The molecule has 7 heteroatoms. The summed E-state index contributed by atoms with van der Waals surface area (Å²) in [6.45, 7) is 3.27. The maximum absolute atomic E-state index is 12.7. The molecular formula is C26H27N3O4. The van der Waals surface area contributed by atoms with Gasteiger partial charge >= 0.3 is 11.8 Å². The molecule has 0 spiro atoms. The highest BCUT2D eigenvalue weighted by Gasteiger charge is 2.26. The molecule has 0 radical (unpaired) electrons. The molecule has 3 aromatic carbocycles.